The van der Waals surface area contributed by atoms with Crippen LogP contribution in [-0.4, -0.2) is 26.6 Å². The van der Waals surface area contributed by atoms with Crippen LogP contribution in [0.4, 0.5) is 11.4 Å². The average Bonchev–Trinajstić information content (AvgIpc) is 2.88. The molecule has 2 aromatic rings. The quantitative estimate of drug-likeness (QED) is 0.924. The molecule has 0 unspecified atom stereocenters. The summed E-state index contributed by atoms with van der Waals surface area (Å²) in [5.41, 5.74) is 1.58. The zero-order chi connectivity index (χ0) is 16.4. The van der Waals surface area contributed by atoms with Crippen LogP contribution in [0.2, 0.25) is 5.02 Å². The van der Waals surface area contributed by atoms with E-state index in [1.165, 1.54) is 4.31 Å². The van der Waals surface area contributed by atoms with Crippen LogP contribution in [0.5, 0.6) is 0 Å². The van der Waals surface area contributed by atoms with Crippen LogP contribution in [0, 0.1) is 0 Å². The van der Waals surface area contributed by atoms with Gasteiger partial charge in [0.1, 0.15) is 0 Å². The van der Waals surface area contributed by atoms with Crippen molar-refractivity contribution >= 4 is 38.9 Å². The summed E-state index contributed by atoms with van der Waals surface area (Å²) in [5.74, 6) is -0.130. The maximum Gasteiger partial charge on any atom is 0.257 e. The van der Waals surface area contributed by atoms with Gasteiger partial charge >= 0.3 is 0 Å². The van der Waals surface area contributed by atoms with Crippen molar-refractivity contribution in [1.29, 1.82) is 0 Å². The zero-order valence-electron chi connectivity index (χ0n) is 12.2. The van der Waals surface area contributed by atoms with Crippen molar-refractivity contribution in [1.82, 2.24) is 0 Å². The van der Waals surface area contributed by atoms with E-state index in [0.717, 1.165) is 0 Å². The molecule has 1 N–H and O–H groups in total. The predicted octanol–water partition coefficient (Wildman–Crippen LogP) is 3.13. The van der Waals surface area contributed by atoms with Crippen LogP contribution < -0.4 is 9.62 Å². The summed E-state index contributed by atoms with van der Waals surface area (Å²) in [5, 5.41) is 3.13. The van der Waals surface area contributed by atoms with Gasteiger partial charge in [-0.05, 0) is 42.8 Å². The van der Waals surface area contributed by atoms with Crippen LogP contribution in [-0.2, 0) is 10.0 Å². The van der Waals surface area contributed by atoms with Crippen LogP contribution in [0.25, 0.3) is 0 Å². The third kappa shape index (κ3) is 3.33. The molecular formula is C16H15ClN2O3S. The fraction of sp³-hybridized carbons (Fsp3) is 0.188. The average molecular weight is 351 g/mol. The smallest absolute Gasteiger partial charge is 0.257 e. The summed E-state index contributed by atoms with van der Waals surface area (Å²) in [6.45, 7) is 0.494. The Morgan fingerprint density at radius 2 is 1.78 bits per heavy atom. The van der Waals surface area contributed by atoms with E-state index in [1.54, 1.807) is 48.5 Å². The lowest BCUT2D eigenvalue weighted by molar-refractivity contribution is 0.102. The summed E-state index contributed by atoms with van der Waals surface area (Å²) >= 11 is 5.99. The number of sulfonamides is 1. The molecule has 5 nitrogen and oxygen atoms in total. The highest BCUT2D eigenvalue weighted by atomic mass is 35.5. The first-order valence-corrected chi connectivity index (χ1v) is 9.12. The standard InChI is InChI=1S/C16H15ClN2O3S/c17-15-5-2-1-4-14(15)16(20)18-12-6-8-13(9-7-12)19-10-3-11-23(19,21)22/h1-2,4-9H,3,10-11H2,(H,18,20). The summed E-state index contributed by atoms with van der Waals surface area (Å²) in [6.07, 6.45) is 0.632. The maximum absolute atomic E-state index is 12.2. The van der Waals surface area contributed by atoms with Gasteiger partial charge in [0.25, 0.3) is 5.91 Å². The molecule has 1 saturated heterocycles. The Kier molecular flexibility index (Phi) is 4.28. The molecule has 1 aliphatic heterocycles. The van der Waals surface area contributed by atoms with Crippen LogP contribution in [0.15, 0.2) is 48.5 Å². The van der Waals surface area contributed by atoms with E-state index in [2.05, 4.69) is 5.32 Å². The van der Waals surface area contributed by atoms with Crippen molar-refractivity contribution in [3.05, 3.63) is 59.1 Å². The Hall–Kier alpha value is -2.05. The lowest BCUT2D eigenvalue weighted by Crippen LogP contribution is -2.25. The van der Waals surface area contributed by atoms with E-state index in [-0.39, 0.29) is 11.7 Å². The van der Waals surface area contributed by atoms with Crippen molar-refractivity contribution in [3.8, 4) is 0 Å². The first kappa shape index (κ1) is 15.8. The van der Waals surface area contributed by atoms with Gasteiger partial charge in [-0.3, -0.25) is 9.10 Å². The molecule has 120 valence electrons. The number of amides is 1. The largest absolute Gasteiger partial charge is 0.322 e. The second-order valence-corrected chi connectivity index (χ2v) is 7.64. The van der Waals surface area contributed by atoms with Crippen molar-refractivity contribution in [3.63, 3.8) is 0 Å². The number of nitrogens with zero attached hydrogens (tertiary/aromatic N) is 1. The van der Waals surface area contributed by atoms with Crippen LogP contribution in [0.1, 0.15) is 16.8 Å². The fourth-order valence-corrected chi connectivity index (χ4v) is 4.27. The summed E-state index contributed by atoms with van der Waals surface area (Å²) in [7, 11) is -3.20. The molecule has 1 fully saturated rings. The number of anilines is 2. The predicted molar refractivity (Wildman–Crippen MR) is 91.6 cm³/mol. The molecule has 0 aromatic heterocycles. The first-order chi connectivity index (χ1) is 11.0. The molecule has 0 saturated carbocycles. The molecule has 0 atom stereocenters. The topological polar surface area (TPSA) is 66.5 Å². The molecule has 0 radical (unpaired) electrons. The highest BCUT2D eigenvalue weighted by Crippen LogP contribution is 2.25. The highest BCUT2D eigenvalue weighted by Gasteiger charge is 2.28. The molecule has 2 aromatic carbocycles. The Morgan fingerprint density at radius 3 is 2.39 bits per heavy atom. The lowest BCUT2D eigenvalue weighted by atomic mass is 10.2. The molecule has 1 heterocycles. The molecule has 23 heavy (non-hydrogen) atoms. The van der Waals surface area contributed by atoms with Crippen molar-refractivity contribution in [2.24, 2.45) is 0 Å². The minimum absolute atomic E-state index is 0.179. The Balaban J connectivity index is 1.76. The number of carbonyl (C=O) groups excluding carboxylic acids is 1. The maximum atomic E-state index is 12.2. The molecule has 0 aliphatic carbocycles. The highest BCUT2D eigenvalue weighted by molar-refractivity contribution is 7.93. The van der Waals surface area contributed by atoms with Gasteiger partial charge < -0.3 is 5.32 Å². The van der Waals surface area contributed by atoms with Gasteiger partial charge in [-0.2, -0.15) is 0 Å². The Bertz CT molecular complexity index is 835. The third-order valence-corrected chi connectivity index (χ3v) is 5.83. The second-order valence-electron chi connectivity index (χ2n) is 5.22. The van der Waals surface area contributed by atoms with Gasteiger partial charge in [0, 0.05) is 12.2 Å². The molecule has 1 amide bonds. The number of halogens is 1. The van der Waals surface area contributed by atoms with E-state index >= 15 is 0 Å². The van der Waals surface area contributed by atoms with E-state index in [0.29, 0.717) is 34.9 Å². The van der Waals surface area contributed by atoms with Gasteiger partial charge in [-0.25, -0.2) is 8.42 Å². The van der Waals surface area contributed by atoms with Crippen molar-refractivity contribution in [2.75, 3.05) is 21.9 Å². The third-order valence-electron chi connectivity index (χ3n) is 3.63. The summed E-state index contributed by atoms with van der Waals surface area (Å²) in [6, 6.07) is 13.5. The number of hydrogen-bond donors (Lipinski definition) is 1. The number of carbonyl (C=O) groups is 1. The van der Waals surface area contributed by atoms with Crippen LogP contribution in [0.3, 0.4) is 0 Å². The number of hydrogen-bond acceptors (Lipinski definition) is 3. The molecule has 0 spiro atoms. The number of nitrogens with one attached hydrogen (secondary N) is 1. The molecule has 3 rings (SSSR count). The van der Waals surface area contributed by atoms with E-state index in [4.69, 9.17) is 11.6 Å². The lowest BCUT2D eigenvalue weighted by Gasteiger charge is -2.17. The molecular weight excluding hydrogens is 336 g/mol. The monoisotopic (exact) mass is 350 g/mol. The van der Waals surface area contributed by atoms with Gasteiger partial charge in [-0.1, -0.05) is 23.7 Å². The minimum Gasteiger partial charge on any atom is -0.322 e. The van der Waals surface area contributed by atoms with Gasteiger partial charge in [0.05, 0.1) is 22.0 Å². The van der Waals surface area contributed by atoms with Crippen molar-refractivity contribution in [2.45, 2.75) is 6.42 Å². The van der Waals surface area contributed by atoms with E-state index < -0.39 is 10.0 Å². The van der Waals surface area contributed by atoms with Crippen molar-refractivity contribution < 1.29 is 13.2 Å². The Morgan fingerprint density at radius 1 is 1.09 bits per heavy atom. The number of rotatable bonds is 3. The first-order valence-electron chi connectivity index (χ1n) is 7.14. The zero-order valence-corrected chi connectivity index (χ0v) is 13.8. The normalized spacial score (nSPS) is 16.3. The SMILES string of the molecule is O=C(Nc1ccc(N2CCCS2(=O)=O)cc1)c1ccccc1Cl. The van der Waals surface area contributed by atoms with Gasteiger partial charge in [-0.15, -0.1) is 0 Å². The summed E-state index contributed by atoms with van der Waals surface area (Å²) in [4.78, 5) is 12.2. The summed E-state index contributed by atoms with van der Waals surface area (Å²) < 4.78 is 25.2. The van der Waals surface area contributed by atoms with E-state index in [9.17, 15) is 13.2 Å². The van der Waals surface area contributed by atoms with Gasteiger partial charge in [0.15, 0.2) is 0 Å². The van der Waals surface area contributed by atoms with E-state index in [1.807, 2.05) is 0 Å². The van der Waals surface area contributed by atoms with Gasteiger partial charge in [0.2, 0.25) is 10.0 Å². The Labute approximate surface area is 139 Å². The number of benzene rings is 2. The molecule has 0 bridgehead atoms. The molecule has 7 heteroatoms. The minimum atomic E-state index is -3.20. The fourth-order valence-electron chi connectivity index (χ4n) is 2.48. The molecule has 1 aliphatic rings. The van der Waals surface area contributed by atoms with Crippen LogP contribution >= 0.6 is 11.6 Å². The second kappa shape index (κ2) is 6.22.